The summed E-state index contributed by atoms with van der Waals surface area (Å²) in [7, 11) is 0. The van der Waals surface area contributed by atoms with E-state index in [-0.39, 0.29) is 11.5 Å². The Morgan fingerprint density at radius 1 is 1.25 bits per heavy atom. The van der Waals surface area contributed by atoms with E-state index in [0.29, 0.717) is 6.42 Å². The van der Waals surface area contributed by atoms with Crippen LogP contribution in [0.3, 0.4) is 0 Å². The molecule has 1 rings (SSSR count). The summed E-state index contributed by atoms with van der Waals surface area (Å²) in [5.41, 5.74) is 1.43. The number of rotatable bonds is 4. The van der Waals surface area contributed by atoms with Crippen LogP contribution >= 0.6 is 0 Å². The zero-order valence-corrected chi connectivity index (χ0v) is 10.3. The molecule has 0 bridgehead atoms. The standard InChI is InChI=1S/C14H20N2/c1-14(2,3)11-16-13(9-10-15)12-7-5-4-6-8-12/h4-8,13,16H,9,11H2,1-3H3. The van der Waals surface area contributed by atoms with Crippen molar-refractivity contribution < 1.29 is 0 Å². The summed E-state index contributed by atoms with van der Waals surface area (Å²) in [5, 5.41) is 12.3. The van der Waals surface area contributed by atoms with Crippen molar-refractivity contribution in [2.45, 2.75) is 33.2 Å². The van der Waals surface area contributed by atoms with Gasteiger partial charge in [0.1, 0.15) is 0 Å². The third kappa shape index (κ3) is 4.46. The van der Waals surface area contributed by atoms with Gasteiger partial charge in [0, 0.05) is 12.6 Å². The van der Waals surface area contributed by atoms with E-state index >= 15 is 0 Å². The van der Waals surface area contributed by atoms with Crippen molar-refractivity contribution in [1.29, 1.82) is 5.26 Å². The molecule has 0 aliphatic heterocycles. The molecule has 2 heteroatoms. The predicted molar refractivity (Wildman–Crippen MR) is 66.9 cm³/mol. The normalized spacial score (nSPS) is 13.1. The van der Waals surface area contributed by atoms with Gasteiger partial charge in [-0.25, -0.2) is 0 Å². The Balaban J connectivity index is 2.66. The van der Waals surface area contributed by atoms with Gasteiger partial charge in [-0.15, -0.1) is 0 Å². The molecule has 0 aliphatic carbocycles. The topological polar surface area (TPSA) is 35.8 Å². The highest BCUT2D eigenvalue weighted by atomic mass is 14.9. The van der Waals surface area contributed by atoms with Gasteiger partial charge in [-0.2, -0.15) is 5.26 Å². The predicted octanol–water partition coefficient (Wildman–Crippen LogP) is 3.28. The molecular weight excluding hydrogens is 196 g/mol. The lowest BCUT2D eigenvalue weighted by atomic mass is 9.95. The summed E-state index contributed by atoms with van der Waals surface area (Å²) in [6.45, 7) is 7.48. The zero-order valence-electron chi connectivity index (χ0n) is 10.3. The molecule has 0 fully saturated rings. The summed E-state index contributed by atoms with van der Waals surface area (Å²) in [6.07, 6.45) is 0.514. The monoisotopic (exact) mass is 216 g/mol. The average Bonchev–Trinajstić information content (AvgIpc) is 2.24. The minimum Gasteiger partial charge on any atom is -0.309 e. The molecule has 0 amide bonds. The quantitative estimate of drug-likeness (QED) is 0.838. The largest absolute Gasteiger partial charge is 0.309 e. The van der Waals surface area contributed by atoms with E-state index < -0.39 is 0 Å². The maximum absolute atomic E-state index is 8.84. The van der Waals surface area contributed by atoms with Gasteiger partial charge in [0.05, 0.1) is 12.5 Å². The van der Waals surface area contributed by atoms with Crippen LogP contribution < -0.4 is 5.32 Å². The lowest BCUT2D eigenvalue weighted by Gasteiger charge is -2.23. The molecule has 0 aliphatic rings. The molecule has 1 unspecified atom stereocenters. The maximum Gasteiger partial charge on any atom is 0.0641 e. The van der Waals surface area contributed by atoms with E-state index in [1.54, 1.807) is 0 Å². The minimum atomic E-state index is 0.144. The van der Waals surface area contributed by atoms with Crippen LogP contribution in [0.2, 0.25) is 0 Å². The Morgan fingerprint density at radius 2 is 1.88 bits per heavy atom. The van der Waals surface area contributed by atoms with Gasteiger partial charge < -0.3 is 5.32 Å². The second kappa shape index (κ2) is 5.67. The van der Waals surface area contributed by atoms with Crippen molar-refractivity contribution in [2.24, 2.45) is 5.41 Å². The molecule has 0 spiro atoms. The molecule has 1 aromatic rings. The van der Waals surface area contributed by atoms with E-state index in [1.807, 2.05) is 18.2 Å². The van der Waals surface area contributed by atoms with Crippen LogP contribution in [0.15, 0.2) is 30.3 Å². The highest BCUT2D eigenvalue weighted by Crippen LogP contribution is 2.18. The van der Waals surface area contributed by atoms with Crippen molar-refractivity contribution >= 4 is 0 Å². The summed E-state index contributed by atoms with van der Waals surface area (Å²) in [5.74, 6) is 0. The minimum absolute atomic E-state index is 0.144. The van der Waals surface area contributed by atoms with E-state index in [1.165, 1.54) is 5.56 Å². The first kappa shape index (κ1) is 12.7. The van der Waals surface area contributed by atoms with Gasteiger partial charge in [-0.1, -0.05) is 51.1 Å². The SMILES string of the molecule is CC(C)(C)CNC(CC#N)c1ccccc1. The van der Waals surface area contributed by atoms with E-state index in [9.17, 15) is 0 Å². The van der Waals surface area contributed by atoms with Crippen LogP contribution in [0, 0.1) is 16.7 Å². The first-order chi connectivity index (χ1) is 7.53. The van der Waals surface area contributed by atoms with Crippen LogP contribution in [0.1, 0.15) is 38.8 Å². The molecule has 1 N–H and O–H groups in total. The number of hydrogen-bond acceptors (Lipinski definition) is 2. The Kier molecular flexibility index (Phi) is 4.52. The Bertz CT molecular complexity index is 343. The summed E-state index contributed by atoms with van der Waals surface area (Å²) < 4.78 is 0. The van der Waals surface area contributed by atoms with E-state index in [2.05, 4.69) is 44.3 Å². The fourth-order valence-electron chi connectivity index (χ4n) is 1.51. The van der Waals surface area contributed by atoms with Crippen molar-refractivity contribution in [1.82, 2.24) is 5.32 Å². The van der Waals surface area contributed by atoms with Crippen molar-refractivity contribution in [3.05, 3.63) is 35.9 Å². The molecule has 86 valence electrons. The second-order valence-corrected chi connectivity index (χ2v) is 5.27. The van der Waals surface area contributed by atoms with Crippen LogP contribution in [0.25, 0.3) is 0 Å². The molecule has 0 aromatic heterocycles. The number of nitrogens with one attached hydrogen (secondary N) is 1. The van der Waals surface area contributed by atoms with Crippen LogP contribution in [-0.4, -0.2) is 6.54 Å². The fraction of sp³-hybridized carbons (Fsp3) is 0.500. The molecule has 2 nitrogen and oxygen atoms in total. The lowest BCUT2D eigenvalue weighted by Crippen LogP contribution is -2.30. The summed E-state index contributed by atoms with van der Waals surface area (Å²) in [6, 6.07) is 12.5. The lowest BCUT2D eigenvalue weighted by molar-refractivity contribution is 0.353. The third-order valence-electron chi connectivity index (χ3n) is 2.38. The number of nitrogens with zero attached hydrogens (tertiary/aromatic N) is 1. The number of benzene rings is 1. The van der Waals surface area contributed by atoms with E-state index in [4.69, 9.17) is 5.26 Å². The fourth-order valence-corrected chi connectivity index (χ4v) is 1.51. The third-order valence-corrected chi connectivity index (χ3v) is 2.38. The molecule has 0 saturated carbocycles. The van der Waals surface area contributed by atoms with Crippen molar-refractivity contribution in [2.75, 3.05) is 6.54 Å². The van der Waals surface area contributed by atoms with Gasteiger partial charge in [-0.3, -0.25) is 0 Å². The maximum atomic E-state index is 8.84. The summed E-state index contributed by atoms with van der Waals surface area (Å²) >= 11 is 0. The highest BCUT2D eigenvalue weighted by molar-refractivity contribution is 5.19. The average molecular weight is 216 g/mol. The molecular formula is C14H20N2. The number of hydrogen-bond donors (Lipinski definition) is 1. The molecule has 0 radical (unpaired) electrons. The molecule has 0 saturated heterocycles. The second-order valence-electron chi connectivity index (χ2n) is 5.27. The molecule has 16 heavy (non-hydrogen) atoms. The number of nitriles is 1. The van der Waals surface area contributed by atoms with Gasteiger partial charge in [0.15, 0.2) is 0 Å². The van der Waals surface area contributed by atoms with Gasteiger partial charge in [0.25, 0.3) is 0 Å². The van der Waals surface area contributed by atoms with Crippen LogP contribution in [0.5, 0.6) is 0 Å². The zero-order chi connectivity index (χ0) is 12.0. The van der Waals surface area contributed by atoms with Crippen molar-refractivity contribution in [3.63, 3.8) is 0 Å². The van der Waals surface area contributed by atoms with Gasteiger partial charge in [-0.05, 0) is 11.0 Å². The Morgan fingerprint density at radius 3 is 2.38 bits per heavy atom. The molecule has 1 atom stereocenters. The Hall–Kier alpha value is -1.33. The first-order valence-electron chi connectivity index (χ1n) is 5.68. The van der Waals surface area contributed by atoms with E-state index in [0.717, 1.165) is 6.54 Å². The van der Waals surface area contributed by atoms with Gasteiger partial charge in [0.2, 0.25) is 0 Å². The first-order valence-corrected chi connectivity index (χ1v) is 5.68. The van der Waals surface area contributed by atoms with Gasteiger partial charge >= 0.3 is 0 Å². The Labute approximate surface area is 98.3 Å². The summed E-state index contributed by atoms with van der Waals surface area (Å²) in [4.78, 5) is 0. The highest BCUT2D eigenvalue weighted by Gasteiger charge is 2.15. The van der Waals surface area contributed by atoms with Crippen LogP contribution in [-0.2, 0) is 0 Å². The molecule has 0 heterocycles. The smallest absolute Gasteiger partial charge is 0.0641 e. The van der Waals surface area contributed by atoms with Crippen molar-refractivity contribution in [3.8, 4) is 6.07 Å². The van der Waals surface area contributed by atoms with Crippen LogP contribution in [0.4, 0.5) is 0 Å². The molecule has 1 aromatic carbocycles.